The first kappa shape index (κ1) is 9.57. The molecule has 60 valence electrons. The molecule has 0 radical (unpaired) electrons. The van der Waals surface area contributed by atoms with Crippen molar-refractivity contribution in [3.8, 4) is 5.75 Å². The van der Waals surface area contributed by atoms with Crippen molar-refractivity contribution in [2.75, 3.05) is 0 Å². The summed E-state index contributed by atoms with van der Waals surface area (Å²) in [5.74, 6) is 0.767. The third-order valence-corrected chi connectivity index (χ3v) is 2.65. The van der Waals surface area contributed by atoms with Gasteiger partial charge in [-0.25, -0.2) is 0 Å². The highest BCUT2D eigenvalue weighted by molar-refractivity contribution is 9.52. The molecule has 11 heavy (non-hydrogen) atoms. The van der Waals surface area contributed by atoms with Gasteiger partial charge in [-0.15, -0.1) is 0 Å². The van der Waals surface area contributed by atoms with Crippen molar-refractivity contribution in [2.24, 2.45) is 0 Å². The summed E-state index contributed by atoms with van der Waals surface area (Å²) in [6.07, 6.45) is 0. The van der Waals surface area contributed by atoms with Crippen LogP contribution in [0.1, 0.15) is 0 Å². The van der Waals surface area contributed by atoms with Crippen molar-refractivity contribution in [1.29, 1.82) is 0 Å². The van der Waals surface area contributed by atoms with Gasteiger partial charge in [-0.2, -0.15) is 0 Å². The summed E-state index contributed by atoms with van der Waals surface area (Å²) in [6, 6.07) is 9.42. The number of para-hydroxylation sites is 1. The van der Waals surface area contributed by atoms with Crippen molar-refractivity contribution < 1.29 is 4.43 Å². The summed E-state index contributed by atoms with van der Waals surface area (Å²) in [5.41, 5.74) is 0. The van der Waals surface area contributed by atoms with Crippen LogP contribution >= 0.6 is 41.7 Å². The Balaban J connectivity index is 2.66. The second-order valence-electron chi connectivity index (χ2n) is 1.86. The molecule has 0 aromatic heterocycles. The first-order valence-electron chi connectivity index (χ1n) is 2.89. The Morgan fingerprint density at radius 1 is 1.18 bits per heavy atom. The van der Waals surface area contributed by atoms with Crippen LogP contribution in [0.15, 0.2) is 30.3 Å². The van der Waals surface area contributed by atoms with Gasteiger partial charge in [0, 0.05) is 0 Å². The normalized spacial score (nSPS) is 11.2. The first-order valence-corrected chi connectivity index (χ1v) is 10.3. The molecule has 1 aromatic carbocycles. The summed E-state index contributed by atoms with van der Waals surface area (Å²) in [7, 11) is 0. The van der Waals surface area contributed by atoms with E-state index in [0.717, 1.165) is 5.75 Å². The number of rotatable bonds is 2. The molecule has 1 aromatic rings. The molecule has 0 amide bonds. The van der Waals surface area contributed by atoms with Crippen LogP contribution < -0.4 is 4.43 Å². The number of benzene rings is 1. The molecule has 0 aliphatic heterocycles. The Labute approximate surface area is 86.7 Å². The summed E-state index contributed by atoms with van der Waals surface area (Å²) in [4.78, 5) is -2.30. The molecule has 0 aliphatic carbocycles. The molecule has 0 bridgehead atoms. The highest BCUT2D eigenvalue weighted by Crippen LogP contribution is 2.28. The van der Waals surface area contributed by atoms with Gasteiger partial charge in [-0.1, -0.05) is 29.3 Å². The van der Waals surface area contributed by atoms with Gasteiger partial charge >= 0.3 is 4.87 Å². The molecular weight excluding hydrogens is 311 g/mol. The van der Waals surface area contributed by atoms with Crippen LogP contribution in [0.2, 0.25) is 0 Å². The van der Waals surface area contributed by atoms with Crippen LogP contribution in [0, 0.1) is 0 Å². The summed E-state index contributed by atoms with van der Waals surface area (Å²) >= 11 is 12.2. The zero-order chi connectivity index (χ0) is 8.32. The minimum atomic E-state index is -2.30. The summed E-state index contributed by atoms with van der Waals surface area (Å²) in [6.45, 7) is 0. The molecule has 0 atom stereocenters. The second-order valence-corrected chi connectivity index (χ2v) is 17.2. The number of halogens is 3. The lowest BCUT2D eigenvalue weighted by Gasteiger charge is -2.11. The molecular formula is C6H5Br2ClOSi. The summed E-state index contributed by atoms with van der Waals surface area (Å²) in [5, 5.41) is 0. The van der Waals surface area contributed by atoms with Crippen molar-refractivity contribution >= 4 is 46.5 Å². The Bertz CT molecular complexity index is 224. The average molecular weight is 316 g/mol. The van der Waals surface area contributed by atoms with Crippen molar-refractivity contribution in [3.05, 3.63) is 30.3 Å². The zero-order valence-electron chi connectivity index (χ0n) is 5.43. The van der Waals surface area contributed by atoms with Gasteiger partial charge < -0.3 is 4.43 Å². The van der Waals surface area contributed by atoms with Crippen LogP contribution in [-0.2, 0) is 0 Å². The molecule has 0 aliphatic rings. The van der Waals surface area contributed by atoms with E-state index < -0.39 is 4.87 Å². The van der Waals surface area contributed by atoms with Gasteiger partial charge in [0.2, 0.25) is 0 Å². The van der Waals surface area contributed by atoms with E-state index in [9.17, 15) is 0 Å². The van der Waals surface area contributed by atoms with E-state index >= 15 is 0 Å². The maximum Gasteiger partial charge on any atom is 0.496 e. The fourth-order valence-corrected chi connectivity index (χ4v) is 2.41. The predicted molar refractivity (Wildman–Crippen MR) is 56.5 cm³/mol. The lowest BCUT2D eigenvalue weighted by atomic mass is 10.3. The first-order chi connectivity index (χ1) is 5.08. The highest BCUT2D eigenvalue weighted by atomic mass is 79.9. The molecule has 0 fully saturated rings. The number of hydrogen-bond donors (Lipinski definition) is 0. The Morgan fingerprint density at radius 2 is 1.73 bits per heavy atom. The lowest BCUT2D eigenvalue weighted by Crippen LogP contribution is -2.18. The largest absolute Gasteiger partial charge is 0.514 e. The molecule has 0 heterocycles. The molecule has 1 rings (SSSR count). The molecule has 1 nitrogen and oxygen atoms in total. The number of hydrogen-bond acceptors (Lipinski definition) is 1. The fourth-order valence-electron chi connectivity index (χ4n) is 0.622. The quantitative estimate of drug-likeness (QED) is 0.599. The van der Waals surface area contributed by atoms with Crippen molar-refractivity contribution in [1.82, 2.24) is 0 Å². The maximum absolute atomic E-state index is 5.82. The van der Waals surface area contributed by atoms with Crippen LogP contribution in [0.25, 0.3) is 0 Å². The second kappa shape index (κ2) is 3.94. The Hall–Kier alpha value is 0.487. The molecule has 0 N–H and O–H groups in total. The summed E-state index contributed by atoms with van der Waals surface area (Å²) < 4.78 is 5.34. The minimum Gasteiger partial charge on any atom is -0.514 e. The van der Waals surface area contributed by atoms with E-state index in [1.54, 1.807) is 0 Å². The van der Waals surface area contributed by atoms with Crippen molar-refractivity contribution in [2.45, 2.75) is 0 Å². The van der Waals surface area contributed by atoms with E-state index in [1.165, 1.54) is 0 Å². The zero-order valence-corrected chi connectivity index (χ0v) is 10.4. The van der Waals surface area contributed by atoms with Crippen LogP contribution in [0.5, 0.6) is 5.75 Å². The van der Waals surface area contributed by atoms with Gasteiger partial charge in [-0.3, -0.25) is 0 Å². The lowest BCUT2D eigenvalue weighted by molar-refractivity contribution is 0.602. The van der Waals surface area contributed by atoms with Gasteiger partial charge in [-0.05, 0) is 42.7 Å². The van der Waals surface area contributed by atoms with Gasteiger partial charge in [0.25, 0.3) is 0 Å². The third-order valence-electron chi connectivity index (χ3n) is 0.977. The average Bonchev–Trinajstić information content (AvgIpc) is 1.85. The minimum absolute atomic E-state index is 0.767. The van der Waals surface area contributed by atoms with Crippen LogP contribution in [0.3, 0.4) is 0 Å². The van der Waals surface area contributed by atoms with E-state index in [1.807, 2.05) is 30.3 Å². The van der Waals surface area contributed by atoms with E-state index in [2.05, 4.69) is 30.6 Å². The smallest absolute Gasteiger partial charge is 0.496 e. The molecule has 0 saturated heterocycles. The monoisotopic (exact) mass is 314 g/mol. The van der Waals surface area contributed by atoms with Crippen LogP contribution in [0.4, 0.5) is 0 Å². The van der Waals surface area contributed by atoms with Gasteiger partial charge in [0.15, 0.2) is 0 Å². The van der Waals surface area contributed by atoms with E-state index in [0.29, 0.717) is 0 Å². The maximum atomic E-state index is 5.82. The third kappa shape index (κ3) is 4.15. The SMILES string of the molecule is Cl[Si](Br)(Br)Oc1ccccc1. The molecule has 0 spiro atoms. The van der Waals surface area contributed by atoms with Crippen molar-refractivity contribution in [3.63, 3.8) is 0 Å². The topological polar surface area (TPSA) is 9.23 Å². The molecule has 0 saturated carbocycles. The van der Waals surface area contributed by atoms with E-state index in [-0.39, 0.29) is 0 Å². The Morgan fingerprint density at radius 3 is 2.18 bits per heavy atom. The Kier molecular flexibility index (Phi) is 3.43. The molecule has 5 heteroatoms. The predicted octanol–water partition coefficient (Wildman–Crippen LogP) is 3.53. The molecule has 0 unspecified atom stereocenters. The van der Waals surface area contributed by atoms with Crippen LogP contribution in [-0.4, -0.2) is 4.87 Å². The standard InChI is InChI=1S/C6H5Br2ClOSi/c7-11(8,9)10-6-4-2-1-3-5-6/h1-5H. The van der Waals surface area contributed by atoms with E-state index in [4.69, 9.17) is 15.5 Å². The highest BCUT2D eigenvalue weighted by Gasteiger charge is 2.27. The fraction of sp³-hybridized carbons (Fsp3) is 0. The van der Waals surface area contributed by atoms with Gasteiger partial charge in [0.05, 0.1) is 0 Å². The van der Waals surface area contributed by atoms with Gasteiger partial charge in [0.1, 0.15) is 5.75 Å².